The van der Waals surface area contributed by atoms with Gasteiger partial charge in [-0.2, -0.15) is 5.10 Å². The van der Waals surface area contributed by atoms with Crippen LogP contribution < -0.4 is 10.2 Å². The summed E-state index contributed by atoms with van der Waals surface area (Å²) >= 11 is 3.36. The van der Waals surface area contributed by atoms with Crippen LogP contribution in [0.5, 0.6) is 5.75 Å². The Kier molecular flexibility index (Phi) is 6.40. The van der Waals surface area contributed by atoms with Crippen molar-refractivity contribution >= 4 is 28.1 Å². The van der Waals surface area contributed by atoms with Crippen LogP contribution in [0.15, 0.2) is 58.1 Å². The van der Waals surface area contributed by atoms with Crippen LogP contribution in [0, 0.1) is 12.3 Å². The Balaban J connectivity index is 1.87. The van der Waals surface area contributed by atoms with Gasteiger partial charge in [-0.05, 0) is 35.4 Å². The summed E-state index contributed by atoms with van der Waals surface area (Å²) in [5.41, 5.74) is 4.23. The third-order valence-electron chi connectivity index (χ3n) is 2.86. The summed E-state index contributed by atoms with van der Waals surface area (Å²) in [6, 6.07) is 14.9. The quantitative estimate of drug-likeness (QED) is 0.482. The van der Waals surface area contributed by atoms with Crippen molar-refractivity contribution < 1.29 is 9.53 Å². The van der Waals surface area contributed by atoms with E-state index in [2.05, 4.69) is 32.4 Å². The van der Waals surface area contributed by atoms with Gasteiger partial charge in [0.25, 0.3) is 0 Å². The Morgan fingerprint density at radius 3 is 2.83 bits per heavy atom. The molecule has 2 aromatic carbocycles. The molecule has 0 atom stereocenters. The maximum Gasteiger partial charge on any atom is 0.244 e. The van der Waals surface area contributed by atoms with Gasteiger partial charge in [0.05, 0.1) is 12.6 Å². The number of hydrazone groups is 1. The molecule has 2 aromatic rings. The molecule has 2 rings (SSSR count). The molecule has 0 saturated heterocycles. The van der Waals surface area contributed by atoms with Gasteiger partial charge in [-0.3, -0.25) is 4.79 Å². The van der Waals surface area contributed by atoms with E-state index in [1.807, 2.05) is 36.4 Å². The highest BCUT2D eigenvalue weighted by Gasteiger charge is 2.01. The van der Waals surface area contributed by atoms with E-state index < -0.39 is 0 Å². The van der Waals surface area contributed by atoms with Crippen LogP contribution in [0.3, 0.4) is 0 Å². The van der Waals surface area contributed by atoms with Gasteiger partial charge in [-0.25, -0.2) is 5.43 Å². The number of nitrogens with one attached hydrogen (secondary N) is 1. The van der Waals surface area contributed by atoms with E-state index in [0.29, 0.717) is 5.75 Å². The molecule has 4 nitrogen and oxygen atoms in total. The lowest BCUT2D eigenvalue weighted by Gasteiger charge is -2.03. The van der Waals surface area contributed by atoms with E-state index in [1.54, 1.807) is 18.3 Å². The average molecular weight is 371 g/mol. The van der Waals surface area contributed by atoms with Crippen molar-refractivity contribution in [2.75, 3.05) is 6.61 Å². The number of rotatable bonds is 6. The van der Waals surface area contributed by atoms with Crippen molar-refractivity contribution in [2.45, 2.75) is 6.42 Å². The van der Waals surface area contributed by atoms with Gasteiger partial charge in [0, 0.05) is 4.47 Å². The zero-order chi connectivity index (χ0) is 16.5. The minimum Gasteiger partial charge on any atom is -0.481 e. The van der Waals surface area contributed by atoms with E-state index in [0.717, 1.165) is 15.6 Å². The first-order valence-corrected chi connectivity index (χ1v) is 7.69. The zero-order valence-corrected chi connectivity index (χ0v) is 13.9. The fourth-order valence-electron chi connectivity index (χ4n) is 1.82. The Labute approximate surface area is 143 Å². The highest BCUT2D eigenvalue weighted by atomic mass is 79.9. The Hall–Kier alpha value is -2.58. The predicted octanol–water partition coefficient (Wildman–Crippen LogP) is 3.15. The van der Waals surface area contributed by atoms with E-state index in [-0.39, 0.29) is 18.9 Å². The Morgan fingerprint density at radius 2 is 2.09 bits per heavy atom. The van der Waals surface area contributed by atoms with Crippen molar-refractivity contribution in [3.63, 3.8) is 0 Å². The second-order valence-electron chi connectivity index (χ2n) is 4.66. The van der Waals surface area contributed by atoms with Gasteiger partial charge < -0.3 is 4.74 Å². The number of carbonyl (C=O) groups is 1. The molecule has 0 aromatic heterocycles. The average Bonchev–Trinajstić information content (AvgIpc) is 2.55. The molecule has 1 N–H and O–H groups in total. The number of hydrogen-bond donors (Lipinski definition) is 1. The van der Waals surface area contributed by atoms with Crippen LogP contribution in [0.4, 0.5) is 0 Å². The van der Waals surface area contributed by atoms with Crippen LogP contribution in [0.1, 0.15) is 11.1 Å². The maximum atomic E-state index is 11.8. The molecule has 0 aliphatic rings. The predicted molar refractivity (Wildman–Crippen MR) is 94.4 cm³/mol. The Bertz CT molecular complexity index is 733. The van der Waals surface area contributed by atoms with Gasteiger partial charge in [0.15, 0.2) is 0 Å². The largest absolute Gasteiger partial charge is 0.481 e. The van der Waals surface area contributed by atoms with Crippen molar-refractivity contribution in [1.82, 2.24) is 5.43 Å². The van der Waals surface area contributed by atoms with Crippen LogP contribution in [-0.4, -0.2) is 18.7 Å². The molecule has 0 radical (unpaired) electrons. The molecular formula is C18H15BrN2O2. The van der Waals surface area contributed by atoms with Gasteiger partial charge in [-0.15, -0.1) is 6.42 Å². The number of amides is 1. The highest BCUT2D eigenvalue weighted by molar-refractivity contribution is 9.10. The van der Waals surface area contributed by atoms with Crippen molar-refractivity contribution in [1.29, 1.82) is 0 Å². The summed E-state index contributed by atoms with van der Waals surface area (Å²) in [4.78, 5) is 11.8. The maximum absolute atomic E-state index is 11.8. The summed E-state index contributed by atoms with van der Waals surface area (Å²) < 4.78 is 6.30. The molecule has 23 heavy (non-hydrogen) atoms. The molecule has 0 fully saturated rings. The molecule has 116 valence electrons. The fraction of sp³-hybridized carbons (Fsp3) is 0.111. The molecular weight excluding hydrogens is 356 g/mol. The number of benzene rings is 2. The second-order valence-corrected chi connectivity index (χ2v) is 5.58. The number of nitrogens with zero attached hydrogens (tertiary/aromatic N) is 1. The summed E-state index contributed by atoms with van der Waals surface area (Å²) in [5, 5.41) is 3.95. The normalized spacial score (nSPS) is 10.3. The third kappa shape index (κ3) is 5.97. The number of terminal acetylenes is 1. The van der Waals surface area contributed by atoms with Gasteiger partial charge in [-0.1, -0.05) is 46.1 Å². The summed E-state index contributed by atoms with van der Waals surface area (Å²) in [7, 11) is 0. The first-order valence-electron chi connectivity index (χ1n) is 6.90. The molecule has 5 heteroatoms. The number of carbonyl (C=O) groups excluding carboxylic acids is 1. The minimum absolute atomic E-state index is 0.177. The van der Waals surface area contributed by atoms with Crippen molar-refractivity contribution in [3.05, 3.63) is 64.1 Å². The molecule has 0 bridgehead atoms. The second kappa shape index (κ2) is 8.76. The zero-order valence-electron chi connectivity index (χ0n) is 12.3. The minimum atomic E-state index is -0.177. The van der Waals surface area contributed by atoms with E-state index in [1.165, 1.54) is 0 Å². The first-order chi connectivity index (χ1) is 11.2. The number of hydrogen-bond acceptors (Lipinski definition) is 3. The molecule has 0 aliphatic heterocycles. The highest BCUT2D eigenvalue weighted by Crippen LogP contribution is 2.12. The lowest BCUT2D eigenvalue weighted by atomic mass is 10.1. The summed E-state index contributed by atoms with van der Waals surface area (Å²) in [6.07, 6.45) is 6.98. The fourth-order valence-corrected chi connectivity index (χ4v) is 2.08. The van der Waals surface area contributed by atoms with E-state index in [4.69, 9.17) is 11.2 Å². The molecule has 0 aliphatic carbocycles. The van der Waals surface area contributed by atoms with Crippen LogP contribution in [-0.2, 0) is 11.2 Å². The van der Waals surface area contributed by atoms with Crippen LogP contribution in [0.2, 0.25) is 0 Å². The summed E-state index contributed by atoms with van der Waals surface area (Å²) in [6.45, 7) is 0.213. The molecule has 0 unspecified atom stereocenters. The molecule has 0 spiro atoms. The number of ether oxygens (including phenoxy) is 1. The first kappa shape index (κ1) is 16.8. The topological polar surface area (TPSA) is 50.7 Å². The lowest BCUT2D eigenvalue weighted by Crippen LogP contribution is -2.19. The standard InChI is InChI=1S/C18H15BrN2O2/c1-2-10-23-17-5-3-4-15(11-17)13-20-21-18(22)12-14-6-8-16(19)9-7-14/h1,3-9,11,13H,10,12H2,(H,21,22)/b20-13-. The van der Waals surface area contributed by atoms with E-state index >= 15 is 0 Å². The van der Waals surface area contributed by atoms with Gasteiger partial charge in [0.1, 0.15) is 12.4 Å². The monoisotopic (exact) mass is 370 g/mol. The third-order valence-corrected chi connectivity index (χ3v) is 3.39. The van der Waals surface area contributed by atoms with Crippen molar-refractivity contribution in [3.8, 4) is 18.1 Å². The Morgan fingerprint density at radius 1 is 1.30 bits per heavy atom. The number of halogens is 1. The van der Waals surface area contributed by atoms with Crippen LogP contribution >= 0.6 is 15.9 Å². The molecule has 1 amide bonds. The SMILES string of the molecule is C#CCOc1cccc(/C=N\NC(=O)Cc2ccc(Br)cc2)c1. The molecule has 0 saturated carbocycles. The van der Waals surface area contributed by atoms with Gasteiger partial charge in [0.2, 0.25) is 5.91 Å². The lowest BCUT2D eigenvalue weighted by molar-refractivity contribution is -0.120. The van der Waals surface area contributed by atoms with E-state index in [9.17, 15) is 4.79 Å². The summed E-state index contributed by atoms with van der Waals surface area (Å²) in [5.74, 6) is 2.89. The van der Waals surface area contributed by atoms with Gasteiger partial charge >= 0.3 is 0 Å². The van der Waals surface area contributed by atoms with Crippen molar-refractivity contribution in [2.24, 2.45) is 5.10 Å². The molecule has 0 heterocycles. The van der Waals surface area contributed by atoms with Crippen LogP contribution in [0.25, 0.3) is 0 Å². The smallest absolute Gasteiger partial charge is 0.244 e.